The molecule has 194 valence electrons. The minimum Gasteiger partial charge on any atom is -0.465 e. The summed E-state index contributed by atoms with van der Waals surface area (Å²) in [5.41, 5.74) is 8.37. The number of carbonyl (C=O) groups excluding carboxylic acids is 2. The number of aromatic amines is 1. The van der Waals surface area contributed by atoms with Gasteiger partial charge in [-0.25, -0.2) is 9.78 Å². The fourth-order valence-corrected chi connectivity index (χ4v) is 6.76. The van der Waals surface area contributed by atoms with Gasteiger partial charge >= 0.3 is 6.09 Å². The van der Waals surface area contributed by atoms with E-state index < -0.39 is 17.4 Å². The average Bonchev–Trinajstić information content (AvgIpc) is 3.42. The molecule has 2 aromatic heterocycles. The van der Waals surface area contributed by atoms with Crippen LogP contribution >= 0.6 is 0 Å². The Kier molecular flexibility index (Phi) is 5.50. The largest absolute Gasteiger partial charge is 0.465 e. The number of rotatable bonds is 3. The number of hydrogen-bond donors (Lipinski definition) is 4. The zero-order valence-corrected chi connectivity index (χ0v) is 20.9. The van der Waals surface area contributed by atoms with Crippen LogP contribution in [0.5, 0.6) is 0 Å². The molecular formula is C27H32N6O4. The molecule has 10 heteroatoms. The van der Waals surface area contributed by atoms with E-state index in [0.717, 1.165) is 66.3 Å². The maximum absolute atomic E-state index is 12.7. The molecule has 3 aliphatic heterocycles. The van der Waals surface area contributed by atoms with Crippen LogP contribution in [0.25, 0.3) is 21.8 Å². The standard InChI is InChI=1S/C27H32N6O4/c1-15-11-17(5-10-33(15)26(36)37)16-3-4-18-20(12-16)31-22-19(23(28)34)13-30-24(21(18)22)32-9-2-6-27(14-32)7-8-29-25(27)35/h3-4,12-13,15,17,31H,2,5-11,14H2,1H3,(H2,28,34)(H,29,35)(H,36,37). The predicted molar refractivity (Wildman–Crippen MR) is 140 cm³/mol. The number of nitrogens with two attached hydrogens (primary N) is 1. The van der Waals surface area contributed by atoms with Gasteiger partial charge in [-0.2, -0.15) is 0 Å². The fourth-order valence-electron chi connectivity index (χ4n) is 6.76. The summed E-state index contributed by atoms with van der Waals surface area (Å²) in [5, 5.41) is 14.2. The maximum Gasteiger partial charge on any atom is 0.407 e. The van der Waals surface area contributed by atoms with E-state index in [9.17, 15) is 19.5 Å². The van der Waals surface area contributed by atoms with Gasteiger partial charge in [0.05, 0.1) is 21.9 Å². The van der Waals surface area contributed by atoms with E-state index in [1.807, 2.05) is 6.92 Å². The first-order chi connectivity index (χ1) is 17.8. The third-order valence-corrected chi connectivity index (χ3v) is 8.74. The summed E-state index contributed by atoms with van der Waals surface area (Å²) in [6.07, 6.45) is 4.78. The molecule has 0 radical (unpaired) electrons. The van der Waals surface area contributed by atoms with Crippen molar-refractivity contribution in [3.05, 3.63) is 35.5 Å². The number of benzene rings is 1. The fraction of sp³-hybridized carbons (Fsp3) is 0.481. The van der Waals surface area contributed by atoms with Crippen LogP contribution in [-0.2, 0) is 4.79 Å². The first kappa shape index (κ1) is 23.6. The summed E-state index contributed by atoms with van der Waals surface area (Å²) in [5.74, 6) is 0.587. The number of amides is 3. The topological polar surface area (TPSA) is 145 Å². The molecule has 3 unspecified atom stereocenters. The lowest BCUT2D eigenvalue weighted by molar-refractivity contribution is -0.128. The summed E-state index contributed by atoms with van der Waals surface area (Å²) in [7, 11) is 0. The Hall–Kier alpha value is -3.82. The third kappa shape index (κ3) is 3.77. The number of primary amides is 1. The van der Waals surface area contributed by atoms with E-state index in [0.29, 0.717) is 30.7 Å². The van der Waals surface area contributed by atoms with Gasteiger partial charge in [0.2, 0.25) is 5.91 Å². The zero-order valence-electron chi connectivity index (χ0n) is 20.9. The van der Waals surface area contributed by atoms with E-state index in [2.05, 4.69) is 33.4 Å². The monoisotopic (exact) mass is 504 g/mol. The Morgan fingerprint density at radius 3 is 2.78 bits per heavy atom. The number of fused-ring (bicyclic) bond motifs is 3. The van der Waals surface area contributed by atoms with E-state index in [4.69, 9.17) is 10.7 Å². The highest BCUT2D eigenvalue weighted by atomic mass is 16.4. The van der Waals surface area contributed by atoms with Crippen LogP contribution in [0.2, 0.25) is 0 Å². The van der Waals surface area contributed by atoms with Gasteiger partial charge in [-0.1, -0.05) is 12.1 Å². The molecule has 0 bridgehead atoms. The molecule has 37 heavy (non-hydrogen) atoms. The van der Waals surface area contributed by atoms with Crippen molar-refractivity contribution in [3.8, 4) is 0 Å². The molecule has 3 saturated heterocycles. The second-order valence-corrected chi connectivity index (χ2v) is 10.9. The van der Waals surface area contributed by atoms with Gasteiger partial charge in [0, 0.05) is 49.3 Å². The molecule has 1 spiro atoms. The highest BCUT2D eigenvalue weighted by Crippen LogP contribution is 2.42. The van der Waals surface area contributed by atoms with Crippen molar-refractivity contribution in [1.82, 2.24) is 20.2 Å². The van der Waals surface area contributed by atoms with Crippen LogP contribution in [0.3, 0.4) is 0 Å². The number of nitrogens with zero attached hydrogens (tertiary/aromatic N) is 3. The summed E-state index contributed by atoms with van der Waals surface area (Å²) in [6.45, 7) is 4.56. The third-order valence-electron chi connectivity index (χ3n) is 8.74. The zero-order chi connectivity index (χ0) is 25.9. The van der Waals surface area contributed by atoms with Crippen LogP contribution in [0, 0.1) is 5.41 Å². The summed E-state index contributed by atoms with van der Waals surface area (Å²) in [6, 6.07) is 6.23. The molecule has 3 atom stereocenters. The lowest BCUT2D eigenvalue weighted by Gasteiger charge is -2.39. The normalized spacial score (nSPS) is 26.2. The second kappa shape index (κ2) is 8.64. The summed E-state index contributed by atoms with van der Waals surface area (Å²) in [4.78, 5) is 48.3. The molecular weight excluding hydrogens is 472 g/mol. The SMILES string of the molecule is CC1CC(c2ccc3c(c2)[nH]c2c(C(N)=O)cnc(N4CCCC5(CCNC5=O)C4)c23)CCN1C(=O)O. The van der Waals surface area contributed by atoms with Gasteiger partial charge in [0.15, 0.2) is 0 Å². The number of piperidine rings is 2. The molecule has 6 rings (SSSR count). The Labute approximate surface area is 214 Å². The van der Waals surface area contributed by atoms with Gasteiger partial charge in [-0.05, 0) is 56.6 Å². The van der Waals surface area contributed by atoms with E-state index in [1.165, 1.54) is 11.1 Å². The van der Waals surface area contributed by atoms with Crippen molar-refractivity contribution in [2.24, 2.45) is 11.1 Å². The molecule has 0 saturated carbocycles. The van der Waals surface area contributed by atoms with Gasteiger partial charge in [-0.3, -0.25) is 9.59 Å². The highest BCUT2D eigenvalue weighted by Gasteiger charge is 2.45. The van der Waals surface area contributed by atoms with Crippen molar-refractivity contribution in [3.63, 3.8) is 0 Å². The molecule has 0 aliphatic carbocycles. The van der Waals surface area contributed by atoms with Crippen molar-refractivity contribution in [2.45, 2.75) is 51.0 Å². The van der Waals surface area contributed by atoms with Crippen LogP contribution in [0.4, 0.5) is 10.6 Å². The van der Waals surface area contributed by atoms with Crippen molar-refractivity contribution in [2.75, 3.05) is 31.1 Å². The van der Waals surface area contributed by atoms with Crippen LogP contribution in [-0.4, -0.2) is 70.1 Å². The van der Waals surface area contributed by atoms with Crippen LogP contribution in [0.1, 0.15) is 60.9 Å². The number of likely N-dealkylation sites (tertiary alicyclic amines) is 1. The molecule has 1 aromatic carbocycles. The summed E-state index contributed by atoms with van der Waals surface area (Å²) >= 11 is 0. The number of nitrogens with one attached hydrogen (secondary N) is 2. The van der Waals surface area contributed by atoms with Gasteiger partial charge in [-0.15, -0.1) is 0 Å². The Balaban J connectivity index is 1.42. The molecule has 3 aromatic rings. The number of carbonyl (C=O) groups is 3. The number of aromatic nitrogens is 2. The lowest BCUT2D eigenvalue weighted by atomic mass is 9.78. The number of carboxylic acid groups (broad SMARTS) is 1. The first-order valence-corrected chi connectivity index (χ1v) is 13.0. The van der Waals surface area contributed by atoms with E-state index in [1.54, 1.807) is 0 Å². The molecule has 5 N–H and O–H groups in total. The predicted octanol–water partition coefficient (Wildman–Crippen LogP) is 3.17. The van der Waals surface area contributed by atoms with Gasteiger partial charge < -0.3 is 30.9 Å². The smallest absolute Gasteiger partial charge is 0.407 e. The average molecular weight is 505 g/mol. The van der Waals surface area contributed by atoms with E-state index >= 15 is 0 Å². The Bertz CT molecular complexity index is 1430. The van der Waals surface area contributed by atoms with Crippen molar-refractivity contribution in [1.29, 1.82) is 0 Å². The molecule has 3 aliphatic rings. The van der Waals surface area contributed by atoms with Crippen LogP contribution in [0.15, 0.2) is 24.4 Å². The van der Waals surface area contributed by atoms with Crippen molar-refractivity contribution >= 4 is 45.5 Å². The van der Waals surface area contributed by atoms with Crippen molar-refractivity contribution < 1.29 is 19.5 Å². The Morgan fingerprint density at radius 1 is 1.24 bits per heavy atom. The molecule has 5 heterocycles. The Morgan fingerprint density at radius 2 is 2.08 bits per heavy atom. The highest BCUT2D eigenvalue weighted by molar-refractivity contribution is 6.18. The van der Waals surface area contributed by atoms with Crippen LogP contribution < -0.4 is 16.0 Å². The number of pyridine rings is 1. The molecule has 10 nitrogen and oxygen atoms in total. The first-order valence-electron chi connectivity index (χ1n) is 13.0. The number of anilines is 1. The van der Waals surface area contributed by atoms with Gasteiger partial charge in [0.1, 0.15) is 5.82 Å². The minimum atomic E-state index is -0.870. The quantitative estimate of drug-likeness (QED) is 0.431. The van der Waals surface area contributed by atoms with E-state index in [-0.39, 0.29) is 17.9 Å². The van der Waals surface area contributed by atoms with Gasteiger partial charge in [0.25, 0.3) is 5.91 Å². The number of hydrogen-bond acceptors (Lipinski definition) is 5. The maximum atomic E-state index is 12.7. The molecule has 3 amide bonds. The lowest BCUT2D eigenvalue weighted by Crippen LogP contribution is -2.47. The summed E-state index contributed by atoms with van der Waals surface area (Å²) < 4.78 is 0. The minimum absolute atomic E-state index is 0.0499. The second-order valence-electron chi connectivity index (χ2n) is 10.9. The molecule has 3 fully saturated rings. The number of H-pyrrole nitrogens is 1.